The van der Waals surface area contributed by atoms with Crippen LogP contribution in [-0.4, -0.2) is 30.4 Å². The van der Waals surface area contributed by atoms with Gasteiger partial charge in [0.1, 0.15) is 5.82 Å². The zero-order valence-corrected chi connectivity index (χ0v) is 11.6. The van der Waals surface area contributed by atoms with Gasteiger partial charge in [-0.2, -0.15) is 0 Å². The van der Waals surface area contributed by atoms with Gasteiger partial charge in [-0.15, -0.1) is 0 Å². The van der Waals surface area contributed by atoms with Crippen molar-refractivity contribution in [2.24, 2.45) is 0 Å². The Balaban J connectivity index is 2.50. The number of aromatic nitrogens is 1. The van der Waals surface area contributed by atoms with E-state index < -0.39 is 0 Å². The number of anilines is 1. The number of fused-ring (bicyclic) bond motifs is 1. The molecule has 4 nitrogen and oxygen atoms in total. The van der Waals surface area contributed by atoms with E-state index in [1.54, 1.807) is 6.20 Å². The van der Waals surface area contributed by atoms with Gasteiger partial charge in [0.25, 0.3) is 0 Å². The van der Waals surface area contributed by atoms with Gasteiger partial charge in [-0.05, 0) is 28.7 Å². The normalized spacial score (nSPS) is 11.2. The van der Waals surface area contributed by atoms with E-state index in [1.165, 1.54) is 0 Å². The van der Waals surface area contributed by atoms with Gasteiger partial charge in [-0.3, -0.25) is 4.79 Å². The number of nitrogens with zero attached hydrogens (tertiary/aromatic N) is 2. The number of nitrogens with one attached hydrogen (secondary N) is 1. The predicted octanol–water partition coefficient (Wildman–Crippen LogP) is 2.89. The van der Waals surface area contributed by atoms with Crippen molar-refractivity contribution in [3.8, 4) is 0 Å². The number of rotatable bonds is 5. The maximum atomic E-state index is 10.5. The quantitative estimate of drug-likeness (QED) is 0.669. The Morgan fingerprint density at radius 3 is 2.75 bits per heavy atom. The van der Waals surface area contributed by atoms with Crippen molar-refractivity contribution in [1.82, 2.24) is 9.88 Å². The van der Waals surface area contributed by atoms with Crippen LogP contribution in [-0.2, 0) is 4.79 Å². The maximum absolute atomic E-state index is 10.5. The minimum Gasteiger partial charge on any atom is -0.383 e. The highest BCUT2D eigenvalue weighted by Crippen LogP contribution is 2.23. The summed E-state index contributed by atoms with van der Waals surface area (Å²) in [7, 11) is 3.95. The first-order valence-electron chi connectivity index (χ1n) is 6.25. The monoisotopic (exact) mass is 267 g/mol. The summed E-state index contributed by atoms with van der Waals surface area (Å²) < 4.78 is 0. The number of carbonyl (C=O) groups is 1. The van der Waals surface area contributed by atoms with Crippen LogP contribution in [0.5, 0.6) is 0 Å². The van der Waals surface area contributed by atoms with E-state index >= 15 is 0 Å². The van der Waals surface area contributed by atoms with E-state index in [2.05, 4.69) is 22.9 Å². The standard InChI is InChI=1S/C16H17N3O/c1-4-12(10-19(2)3)13-5-6-14-9-17-16(18-11-20)8-15(14)7-13/h4-11H,1H2,2-3H3,(H,17,18,20)/b12-10+. The average molecular weight is 267 g/mol. The summed E-state index contributed by atoms with van der Waals surface area (Å²) in [5.74, 6) is 0.543. The Kier molecular flexibility index (Phi) is 4.15. The van der Waals surface area contributed by atoms with Crippen molar-refractivity contribution in [2.75, 3.05) is 19.4 Å². The van der Waals surface area contributed by atoms with E-state index in [1.807, 2.05) is 49.5 Å². The van der Waals surface area contributed by atoms with Crippen molar-refractivity contribution in [1.29, 1.82) is 0 Å². The summed E-state index contributed by atoms with van der Waals surface area (Å²) in [4.78, 5) is 16.6. The van der Waals surface area contributed by atoms with Crippen LogP contribution < -0.4 is 5.32 Å². The largest absolute Gasteiger partial charge is 0.383 e. The SMILES string of the molecule is C=C/C(=C\N(C)C)c1ccc2cnc(NC=O)cc2c1. The van der Waals surface area contributed by atoms with Gasteiger partial charge in [0.15, 0.2) is 0 Å². The van der Waals surface area contributed by atoms with Gasteiger partial charge < -0.3 is 10.2 Å². The molecule has 0 unspecified atom stereocenters. The third-order valence-corrected chi connectivity index (χ3v) is 2.88. The third kappa shape index (κ3) is 3.03. The lowest BCUT2D eigenvalue weighted by Gasteiger charge is -2.10. The fourth-order valence-corrected chi connectivity index (χ4v) is 1.98. The Bertz CT molecular complexity index is 674. The zero-order valence-electron chi connectivity index (χ0n) is 11.6. The van der Waals surface area contributed by atoms with Crippen LogP contribution in [0.3, 0.4) is 0 Å². The molecule has 0 aliphatic rings. The summed E-state index contributed by atoms with van der Waals surface area (Å²) in [6, 6.07) is 7.96. The van der Waals surface area contributed by atoms with Crippen LogP contribution in [0, 0.1) is 0 Å². The Labute approximate surface area is 118 Å². The summed E-state index contributed by atoms with van der Waals surface area (Å²) in [6.07, 6.45) is 6.21. The smallest absolute Gasteiger partial charge is 0.212 e. The minimum atomic E-state index is 0.543. The summed E-state index contributed by atoms with van der Waals surface area (Å²) in [5, 5.41) is 4.61. The van der Waals surface area contributed by atoms with Gasteiger partial charge in [-0.25, -0.2) is 4.98 Å². The fourth-order valence-electron chi connectivity index (χ4n) is 1.98. The minimum absolute atomic E-state index is 0.543. The lowest BCUT2D eigenvalue weighted by Crippen LogP contribution is -2.02. The number of pyridine rings is 1. The molecule has 1 amide bonds. The van der Waals surface area contributed by atoms with Crippen LogP contribution in [0.2, 0.25) is 0 Å². The lowest BCUT2D eigenvalue weighted by molar-refractivity contribution is -0.105. The lowest BCUT2D eigenvalue weighted by atomic mass is 10.0. The van der Waals surface area contributed by atoms with E-state index in [4.69, 9.17) is 0 Å². The fraction of sp³-hybridized carbons (Fsp3) is 0.125. The topological polar surface area (TPSA) is 45.2 Å². The van der Waals surface area contributed by atoms with E-state index in [9.17, 15) is 4.79 Å². The number of hydrogen-bond acceptors (Lipinski definition) is 3. The van der Waals surface area contributed by atoms with Crippen molar-refractivity contribution >= 4 is 28.6 Å². The maximum Gasteiger partial charge on any atom is 0.212 e. The molecule has 1 N–H and O–H groups in total. The molecule has 0 saturated heterocycles. The highest BCUT2D eigenvalue weighted by atomic mass is 16.1. The van der Waals surface area contributed by atoms with Gasteiger partial charge in [0, 0.05) is 31.9 Å². The van der Waals surface area contributed by atoms with E-state index in [-0.39, 0.29) is 0 Å². The molecule has 0 fully saturated rings. The Morgan fingerprint density at radius 2 is 2.10 bits per heavy atom. The Morgan fingerprint density at radius 1 is 1.30 bits per heavy atom. The highest BCUT2D eigenvalue weighted by molar-refractivity contribution is 5.89. The first-order valence-corrected chi connectivity index (χ1v) is 6.25. The molecule has 0 aliphatic heterocycles. The molecule has 2 rings (SSSR count). The predicted molar refractivity (Wildman–Crippen MR) is 83.3 cm³/mol. The number of hydrogen-bond donors (Lipinski definition) is 1. The summed E-state index contributed by atoms with van der Waals surface area (Å²) in [5.41, 5.74) is 2.11. The molecular weight excluding hydrogens is 250 g/mol. The van der Waals surface area contributed by atoms with Crippen LogP contribution in [0.15, 0.2) is 49.3 Å². The van der Waals surface area contributed by atoms with Crippen LogP contribution >= 0.6 is 0 Å². The molecule has 1 aromatic heterocycles. The first-order chi connectivity index (χ1) is 9.63. The summed E-state index contributed by atoms with van der Waals surface area (Å²) in [6.45, 7) is 3.85. The van der Waals surface area contributed by atoms with Crippen molar-refractivity contribution in [2.45, 2.75) is 0 Å². The van der Waals surface area contributed by atoms with Crippen LogP contribution in [0.25, 0.3) is 16.3 Å². The average Bonchev–Trinajstić information content (AvgIpc) is 2.44. The number of amides is 1. The molecule has 102 valence electrons. The van der Waals surface area contributed by atoms with Gasteiger partial charge >= 0.3 is 0 Å². The van der Waals surface area contributed by atoms with Crippen molar-refractivity contribution in [3.63, 3.8) is 0 Å². The van der Waals surface area contributed by atoms with Gasteiger partial charge in [-0.1, -0.05) is 24.8 Å². The zero-order chi connectivity index (χ0) is 14.5. The molecular formula is C16H17N3O. The number of allylic oxidation sites excluding steroid dienone is 2. The molecule has 20 heavy (non-hydrogen) atoms. The molecule has 0 spiro atoms. The second-order valence-corrected chi connectivity index (χ2v) is 4.65. The first kappa shape index (κ1) is 13.8. The third-order valence-electron chi connectivity index (χ3n) is 2.88. The molecule has 0 saturated carbocycles. The molecule has 1 heterocycles. The second-order valence-electron chi connectivity index (χ2n) is 4.65. The molecule has 2 aromatic rings. The van der Waals surface area contributed by atoms with Gasteiger partial charge in [0.2, 0.25) is 6.41 Å². The second kappa shape index (κ2) is 6.02. The number of benzene rings is 1. The molecule has 1 aromatic carbocycles. The van der Waals surface area contributed by atoms with Crippen LogP contribution in [0.4, 0.5) is 5.82 Å². The van der Waals surface area contributed by atoms with Crippen molar-refractivity contribution < 1.29 is 4.79 Å². The van der Waals surface area contributed by atoms with Gasteiger partial charge in [0.05, 0.1) is 0 Å². The molecule has 4 heteroatoms. The Hall–Kier alpha value is -2.62. The van der Waals surface area contributed by atoms with E-state index in [0.717, 1.165) is 21.9 Å². The summed E-state index contributed by atoms with van der Waals surface area (Å²) >= 11 is 0. The van der Waals surface area contributed by atoms with E-state index in [0.29, 0.717) is 12.2 Å². The number of carbonyl (C=O) groups excluding carboxylic acids is 1. The highest BCUT2D eigenvalue weighted by Gasteiger charge is 2.02. The molecule has 0 atom stereocenters. The molecule has 0 bridgehead atoms. The van der Waals surface area contributed by atoms with Crippen LogP contribution in [0.1, 0.15) is 5.56 Å². The van der Waals surface area contributed by atoms with Crippen molar-refractivity contribution in [3.05, 3.63) is 54.9 Å². The molecule has 0 radical (unpaired) electrons. The molecule has 0 aliphatic carbocycles.